The summed E-state index contributed by atoms with van der Waals surface area (Å²) in [7, 11) is 0. The lowest BCUT2D eigenvalue weighted by molar-refractivity contribution is -0.384. The van der Waals surface area contributed by atoms with Crippen molar-refractivity contribution in [3.63, 3.8) is 0 Å². The Morgan fingerprint density at radius 1 is 1.31 bits per heavy atom. The van der Waals surface area contributed by atoms with Crippen LogP contribution in [0.25, 0.3) is 11.3 Å². The zero-order chi connectivity index (χ0) is 18.5. The number of anilines is 1. The first kappa shape index (κ1) is 17.2. The fourth-order valence-electron chi connectivity index (χ4n) is 2.70. The number of hydrogen-bond acceptors (Lipinski definition) is 5. The molecule has 0 aliphatic heterocycles. The predicted octanol–water partition coefficient (Wildman–Crippen LogP) is 4.42. The predicted molar refractivity (Wildman–Crippen MR) is 98.5 cm³/mol. The molecule has 26 heavy (non-hydrogen) atoms. The number of nitro benzene ring substituents is 1. The number of benzene rings is 2. The van der Waals surface area contributed by atoms with Gasteiger partial charge in [-0.25, -0.2) is 4.98 Å². The Labute approximate surface area is 150 Å². The van der Waals surface area contributed by atoms with Crippen LogP contribution in [-0.2, 0) is 0 Å². The molecule has 1 atom stereocenters. The lowest BCUT2D eigenvalue weighted by atomic mass is 10.1. The van der Waals surface area contributed by atoms with E-state index in [0.717, 1.165) is 11.3 Å². The van der Waals surface area contributed by atoms with Crippen LogP contribution in [0.4, 0.5) is 11.4 Å². The van der Waals surface area contributed by atoms with E-state index >= 15 is 0 Å². The molecule has 7 nitrogen and oxygen atoms in total. The minimum Gasteiger partial charge on any atom is -0.370 e. The first-order chi connectivity index (χ1) is 12.6. The van der Waals surface area contributed by atoms with Gasteiger partial charge in [0.2, 0.25) is 0 Å². The smallest absolute Gasteiger partial charge is 0.293 e. The highest BCUT2D eigenvalue weighted by atomic mass is 16.6. The highest BCUT2D eigenvalue weighted by molar-refractivity contribution is 5.65. The van der Waals surface area contributed by atoms with E-state index in [2.05, 4.69) is 15.3 Å². The molecule has 3 rings (SSSR count). The molecular weight excluding hydrogens is 330 g/mol. The van der Waals surface area contributed by atoms with Gasteiger partial charge in [0.05, 0.1) is 34.5 Å². The number of hydrogen-bond donors (Lipinski definition) is 2. The molecule has 0 amide bonds. The molecule has 1 heterocycles. The first-order valence-corrected chi connectivity index (χ1v) is 8.17. The van der Waals surface area contributed by atoms with Gasteiger partial charge in [-0.05, 0) is 24.1 Å². The Hall–Kier alpha value is -3.66. The molecule has 0 spiro atoms. The van der Waals surface area contributed by atoms with Crippen LogP contribution in [0.5, 0.6) is 0 Å². The molecule has 0 aliphatic carbocycles. The second-order valence-corrected chi connectivity index (χ2v) is 5.75. The molecule has 2 aromatic carbocycles. The van der Waals surface area contributed by atoms with E-state index in [1.165, 1.54) is 6.07 Å². The monoisotopic (exact) mass is 347 g/mol. The van der Waals surface area contributed by atoms with Gasteiger partial charge in [0, 0.05) is 6.07 Å². The van der Waals surface area contributed by atoms with Crippen LogP contribution in [0.15, 0.2) is 54.7 Å². The molecule has 0 aliphatic rings. The summed E-state index contributed by atoms with van der Waals surface area (Å²) >= 11 is 0. The number of nitriles is 1. The van der Waals surface area contributed by atoms with Gasteiger partial charge in [0.1, 0.15) is 11.5 Å². The average molecular weight is 347 g/mol. The molecule has 1 aromatic heterocycles. The zero-order valence-electron chi connectivity index (χ0n) is 14.1. The zero-order valence-corrected chi connectivity index (χ0v) is 14.1. The molecule has 0 saturated carbocycles. The number of nitrogens with zero attached hydrogens (tertiary/aromatic N) is 3. The van der Waals surface area contributed by atoms with Crippen molar-refractivity contribution < 1.29 is 4.92 Å². The second kappa shape index (κ2) is 7.49. The lowest BCUT2D eigenvalue weighted by Gasteiger charge is -2.16. The minimum absolute atomic E-state index is 0.127. The van der Waals surface area contributed by atoms with Crippen molar-refractivity contribution in [1.29, 1.82) is 5.26 Å². The number of aromatic amines is 1. The highest BCUT2D eigenvalue weighted by Crippen LogP contribution is 2.30. The molecular formula is C19H17N5O2. The topological polar surface area (TPSA) is 108 Å². The number of rotatable bonds is 6. The summed E-state index contributed by atoms with van der Waals surface area (Å²) in [5.41, 5.74) is 2.39. The first-order valence-electron chi connectivity index (χ1n) is 8.17. The van der Waals surface area contributed by atoms with Crippen LogP contribution >= 0.6 is 0 Å². The Balaban J connectivity index is 1.88. The summed E-state index contributed by atoms with van der Waals surface area (Å²) in [6.07, 6.45) is 2.43. The fourth-order valence-corrected chi connectivity index (χ4v) is 2.70. The standard InChI is InChI=1S/C19H17N5O2/c1-2-15(19-21-12-17(23-19)14-6-4-3-5-7-14)22-16-9-8-13(11-20)10-18(16)24(25)26/h3-10,12,15,22H,2H2,1H3,(H,21,23)/t15-/m0/s1. The van der Waals surface area contributed by atoms with Gasteiger partial charge in [0.25, 0.3) is 5.69 Å². The number of nitrogens with one attached hydrogen (secondary N) is 2. The maximum atomic E-state index is 11.3. The number of H-pyrrole nitrogens is 1. The molecule has 130 valence electrons. The average Bonchev–Trinajstić information content (AvgIpc) is 3.16. The van der Waals surface area contributed by atoms with Crippen LogP contribution < -0.4 is 5.32 Å². The molecule has 2 N–H and O–H groups in total. The SMILES string of the molecule is CC[C@H](Nc1ccc(C#N)cc1[N+](=O)[O-])c1ncc(-c2ccccc2)[nH]1. The molecule has 0 radical (unpaired) electrons. The van der Waals surface area contributed by atoms with E-state index in [1.54, 1.807) is 18.3 Å². The van der Waals surface area contributed by atoms with Crippen LogP contribution in [0.1, 0.15) is 30.8 Å². The van der Waals surface area contributed by atoms with Gasteiger partial charge < -0.3 is 10.3 Å². The van der Waals surface area contributed by atoms with Crippen molar-refractivity contribution in [2.45, 2.75) is 19.4 Å². The van der Waals surface area contributed by atoms with E-state index in [1.807, 2.05) is 43.3 Å². The van der Waals surface area contributed by atoms with Gasteiger partial charge in [-0.3, -0.25) is 10.1 Å². The van der Waals surface area contributed by atoms with Crippen molar-refractivity contribution in [1.82, 2.24) is 9.97 Å². The van der Waals surface area contributed by atoms with Gasteiger partial charge in [-0.2, -0.15) is 5.26 Å². The lowest BCUT2D eigenvalue weighted by Crippen LogP contribution is -2.12. The van der Waals surface area contributed by atoms with Crippen molar-refractivity contribution in [3.8, 4) is 17.3 Å². The van der Waals surface area contributed by atoms with E-state index in [0.29, 0.717) is 17.9 Å². The summed E-state index contributed by atoms with van der Waals surface area (Å²) in [6.45, 7) is 1.97. The van der Waals surface area contributed by atoms with E-state index in [-0.39, 0.29) is 17.3 Å². The third kappa shape index (κ3) is 3.54. The summed E-state index contributed by atoms with van der Waals surface area (Å²) in [5.74, 6) is 0.699. The highest BCUT2D eigenvalue weighted by Gasteiger charge is 2.20. The van der Waals surface area contributed by atoms with Gasteiger partial charge in [-0.1, -0.05) is 37.3 Å². The largest absolute Gasteiger partial charge is 0.370 e. The van der Waals surface area contributed by atoms with E-state index < -0.39 is 4.92 Å². The fraction of sp³-hybridized carbons (Fsp3) is 0.158. The third-order valence-corrected chi connectivity index (χ3v) is 4.07. The Morgan fingerprint density at radius 3 is 2.73 bits per heavy atom. The Morgan fingerprint density at radius 2 is 2.08 bits per heavy atom. The van der Waals surface area contributed by atoms with Crippen LogP contribution in [0.3, 0.4) is 0 Å². The van der Waals surface area contributed by atoms with Crippen LogP contribution in [0, 0.1) is 21.4 Å². The van der Waals surface area contributed by atoms with Crippen molar-refractivity contribution in [2.75, 3.05) is 5.32 Å². The summed E-state index contributed by atoms with van der Waals surface area (Å²) < 4.78 is 0. The Bertz CT molecular complexity index is 960. The van der Waals surface area contributed by atoms with Crippen LogP contribution in [-0.4, -0.2) is 14.9 Å². The van der Waals surface area contributed by atoms with Crippen molar-refractivity contribution in [2.24, 2.45) is 0 Å². The molecule has 7 heteroatoms. The third-order valence-electron chi connectivity index (χ3n) is 4.07. The summed E-state index contributed by atoms with van der Waals surface area (Å²) in [5, 5.41) is 23.4. The van der Waals surface area contributed by atoms with Gasteiger partial charge >= 0.3 is 0 Å². The van der Waals surface area contributed by atoms with Gasteiger partial charge in [-0.15, -0.1) is 0 Å². The van der Waals surface area contributed by atoms with Crippen molar-refractivity contribution in [3.05, 3.63) is 76.2 Å². The molecule has 0 bridgehead atoms. The number of nitro groups is 1. The molecule has 0 fully saturated rings. The number of aromatic nitrogens is 2. The summed E-state index contributed by atoms with van der Waals surface area (Å²) in [4.78, 5) is 18.5. The molecule has 0 unspecified atom stereocenters. The normalized spacial score (nSPS) is 11.5. The number of imidazole rings is 1. The molecule has 0 saturated heterocycles. The Kier molecular flexibility index (Phi) is 4.94. The minimum atomic E-state index is -0.493. The van der Waals surface area contributed by atoms with Crippen molar-refractivity contribution >= 4 is 11.4 Å². The summed E-state index contributed by atoms with van der Waals surface area (Å²) in [6, 6.07) is 15.9. The maximum Gasteiger partial charge on any atom is 0.293 e. The van der Waals surface area contributed by atoms with E-state index in [4.69, 9.17) is 5.26 Å². The van der Waals surface area contributed by atoms with E-state index in [9.17, 15) is 10.1 Å². The molecule has 3 aromatic rings. The second-order valence-electron chi connectivity index (χ2n) is 5.75. The maximum absolute atomic E-state index is 11.3. The van der Waals surface area contributed by atoms with Gasteiger partial charge in [0.15, 0.2) is 0 Å². The quantitative estimate of drug-likeness (QED) is 0.507. The van der Waals surface area contributed by atoms with Crippen LogP contribution in [0.2, 0.25) is 0 Å².